The van der Waals surface area contributed by atoms with Gasteiger partial charge in [0.2, 0.25) is 0 Å². The fourth-order valence-corrected chi connectivity index (χ4v) is 4.93. The quantitative estimate of drug-likeness (QED) is 0.627. The fraction of sp³-hybridized carbons (Fsp3) is 0.286. The van der Waals surface area contributed by atoms with Gasteiger partial charge >= 0.3 is 0 Å². The van der Waals surface area contributed by atoms with E-state index in [1.54, 1.807) is 18.3 Å². The number of nitrogens with zero attached hydrogens (tertiary/aromatic N) is 2. The summed E-state index contributed by atoms with van der Waals surface area (Å²) in [5.41, 5.74) is 7.10. The average Bonchev–Trinajstić information content (AvgIpc) is 3.31. The standard InChI is InChI=1S/C21H21FN4O3S/c1-12-6-7-13-17(10-12)30-21(18(13)19(23)27)24-20(28)15-8-9-26(25-15)11-29-16-5-3-2-4-14(16)22/h2-5,8-9,12H,6-7,10-11H2,1H3,(H2,23,27)(H,24,28). The molecule has 0 saturated heterocycles. The number of thiophene rings is 1. The highest BCUT2D eigenvalue weighted by Gasteiger charge is 2.27. The molecular weight excluding hydrogens is 407 g/mol. The Bertz CT molecular complexity index is 1110. The van der Waals surface area contributed by atoms with Gasteiger partial charge in [-0.25, -0.2) is 9.07 Å². The van der Waals surface area contributed by atoms with E-state index in [1.807, 2.05) is 0 Å². The van der Waals surface area contributed by atoms with Crippen LogP contribution in [0.3, 0.4) is 0 Å². The molecule has 0 radical (unpaired) electrons. The number of hydrogen-bond donors (Lipinski definition) is 2. The summed E-state index contributed by atoms with van der Waals surface area (Å²) in [5, 5.41) is 7.41. The predicted octanol–water partition coefficient (Wildman–Crippen LogP) is 3.60. The van der Waals surface area contributed by atoms with Crippen LogP contribution in [0.4, 0.5) is 9.39 Å². The number of carbonyl (C=O) groups excluding carboxylic acids is 2. The van der Waals surface area contributed by atoms with Crippen molar-refractivity contribution >= 4 is 28.2 Å². The highest BCUT2D eigenvalue weighted by atomic mass is 32.1. The van der Waals surface area contributed by atoms with Gasteiger partial charge in [-0.2, -0.15) is 5.10 Å². The Morgan fingerprint density at radius 1 is 1.37 bits per heavy atom. The average molecular weight is 428 g/mol. The number of nitrogens with one attached hydrogen (secondary N) is 1. The molecule has 0 bridgehead atoms. The molecule has 1 aliphatic rings. The number of para-hydroxylation sites is 1. The second-order valence-corrected chi connectivity index (χ2v) is 8.42. The van der Waals surface area contributed by atoms with E-state index in [9.17, 15) is 14.0 Å². The van der Waals surface area contributed by atoms with Gasteiger partial charge in [-0.1, -0.05) is 19.1 Å². The molecule has 2 heterocycles. The molecule has 0 saturated carbocycles. The van der Waals surface area contributed by atoms with Crippen molar-refractivity contribution < 1.29 is 18.7 Å². The Kier molecular flexibility index (Phi) is 5.54. The lowest BCUT2D eigenvalue weighted by Gasteiger charge is -2.18. The van der Waals surface area contributed by atoms with E-state index in [-0.39, 0.29) is 18.2 Å². The zero-order chi connectivity index (χ0) is 21.3. The van der Waals surface area contributed by atoms with Crippen LogP contribution in [0.2, 0.25) is 0 Å². The third-order valence-corrected chi connectivity index (χ3v) is 6.22. The lowest BCUT2D eigenvalue weighted by Crippen LogP contribution is -2.19. The molecule has 2 aromatic heterocycles. The van der Waals surface area contributed by atoms with Crippen LogP contribution >= 0.6 is 11.3 Å². The second kappa shape index (κ2) is 8.27. The van der Waals surface area contributed by atoms with Crippen molar-refractivity contribution in [3.8, 4) is 5.75 Å². The highest BCUT2D eigenvalue weighted by molar-refractivity contribution is 7.17. The number of ether oxygens (including phenoxy) is 1. The lowest BCUT2D eigenvalue weighted by molar-refractivity contribution is 0.1000. The molecule has 7 nitrogen and oxygen atoms in total. The number of hydrogen-bond acceptors (Lipinski definition) is 5. The van der Waals surface area contributed by atoms with Crippen molar-refractivity contribution in [1.82, 2.24) is 9.78 Å². The number of rotatable bonds is 6. The van der Waals surface area contributed by atoms with E-state index >= 15 is 0 Å². The van der Waals surface area contributed by atoms with Gasteiger partial charge < -0.3 is 15.8 Å². The maximum atomic E-state index is 13.6. The molecule has 3 N–H and O–H groups in total. The Balaban J connectivity index is 1.47. The van der Waals surface area contributed by atoms with Crippen LogP contribution in [-0.4, -0.2) is 21.6 Å². The van der Waals surface area contributed by atoms with Gasteiger partial charge in [-0.3, -0.25) is 9.59 Å². The summed E-state index contributed by atoms with van der Waals surface area (Å²) in [6.45, 7) is 2.12. The molecule has 0 aliphatic heterocycles. The Labute approximate surface area is 176 Å². The first-order valence-electron chi connectivity index (χ1n) is 9.59. The number of fused-ring (bicyclic) bond motifs is 1. The van der Waals surface area contributed by atoms with Crippen molar-refractivity contribution in [1.29, 1.82) is 0 Å². The summed E-state index contributed by atoms with van der Waals surface area (Å²) in [6, 6.07) is 7.58. The fourth-order valence-electron chi connectivity index (χ4n) is 3.52. The predicted molar refractivity (Wildman–Crippen MR) is 111 cm³/mol. The number of amides is 2. The van der Waals surface area contributed by atoms with E-state index in [1.165, 1.54) is 34.2 Å². The maximum Gasteiger partial charge on any atom is 0.276 e. The van der Waals surface area contributed by atoms with Crippen molar-refractivity contribution in [2.75, 3.05) is 5.32 Å². The number of primary amides is 1. The van der Waals surface area contributed by atoms with Gasteiger partial charge in [0.05, 0.1) is 5.56 Å². The van der Waals surface area contributed by atoms with Gasteiger partial charge in [0.25, 0.3) is 11.8 Å². The Morgan fingerprint density at radius 2 is 2.17 bits per heavy atom. The summed E-state index contributed by atoms with van der Waals surface area (Å²) < 4.78 is 20.4. The van der Waals surface area contributed by atoms with Gasteiger partial charge in [0.1, 0.15) is 5.00 Å². The largest absolute Gasteiger partial charge is 0.468 e. The highest BCUT2D eigenvalue weighted by Crippen LogP contribution is 2.39. The summed E-state index contributed by atoms with van der Waals surface area (Å²) in [4.78, 5) is 25.8. The topological polar surface area (TPSA) is 99.2 Å². The number of benzene rings is 1. The number of halogens is 1. The van der Waals surface area contributed by atoms with Gasteiger partial charge in [0.15, 0.2) is 24.0 Å². The van der Waals surface area contributed by atoms with Gasteiger partial charge in [-0.05, 0) is 48.9 Å². The first kappa shape index (κ1) is 20.1. The second-order valence-electron chi connectivity index (χ2n) is 7.32. The summed E-state index contributed by atoms with van der Waals surface area (Å²) in [6.07, 6.45) is 4.21. The Morgan fingerprint density at radius 3 is 2.93 bits per heavy atom. The summed E-state index contributed by atoms with van der Waals surface area (Å²) >= 11 is 1.40. The van der Waals surface area contributed by atoms with E-state index in [0.717, 1.165) is 29.7 Å². The van der Waals surface area contributed by atoms with E-state index in [0.29, 0.717) is 16.5 Å². The SMILES string of the molecule is CC1CCc2c(sc(NC(=O)c3ccn(COc4ccccc4F)n3)c2C(N)=O)C1. The van der Waals surface area contributed by atoms with Crippen LogP contribution in [0.15, 0.2) is 36.5 Å². The molecule has 1 unspecified atom stereocenters. The number of nitrogens with two attached hydrogens (primary N) is 1. The minimum Gasteiger partial charge on any atom is -0.468 e. The van der Waals surface area contributed by atoms with Crippen LogP contribution in [0.5, 0.6) is 5.75 Å². The minimum absolute atomic E-state index is 0.0497. The van der Waals surface area contributed by atoms with Crippen LogP contribution in [0.25, 0.3) is 0 Å². The van der Waals surface area contributed by atoms with Crippen molar-refractivity contribution in [2.24, 2.45) is 11.7 Å². The Hall–Kier alpha value is -3.20. The first-order chi connectivity index (χ1) is 14.4. The molecule has 3 aromatic rings. The van der Waals surface area contributed by atoms with Gasteiger partial charge in [-0.15, -0.1) is 11.3 Å². The normalized spacial score (nSPS) is 15.5. The van der Waals surface area contributed by atoms with Crippen molar-refractivity contribution in [3.05, 3.63) is 64.0 Å². The number of aromatic nitrogens is 2. The number of anilines is 1. The van der Waals surface area contributed by atoms with E-state index < -0.39 is 17.6 Å². The lowest BCUT2D eigenvalue weighted by atomic mass is 9.88. The molecule has 2 amide bonds. The molecule has 1 aromatic carbocycles. The van der Waals surface area contributed by atoms with Gasteiger partial charge in [0, 0.05) is 11.1 Å². The van der Waals surface area contributed by atoms with Crippen LogP contribution in [0.1, 0.15) is 44.6 Å². The van der Waals surface area contributed by atoms with Crippen molar-refractivity contribution in [2.45, 2.75) is 32.9 Å². The summed E-state index contributed by atoms with van der Waals surface area (Å²) in [7, 11) is 0. The molecule has 0 fully saturated rings. The zero-order valence-corrected chi connectivity index (χ0v) is 17.2. The first-order valence-corrected chi connectivity index (χ1v) is 10.4. The molecule has 4 rings (SSSR count). The smallest absolute Gasteiger partial charge is 0.276 e. The van der Waals surface area contributed by atoms with Crippen LogP contribution < -0.4 is 15.8 Å². The molecule has 1 aliphatic carbocycles. The van der Waals surface area contributed by atoms with Crippen LogP contribution in [0, 0.1) is 11.7 Å². The molecule has 0 spiro atoms. The molecule has 1 atom stereocenters. The monoisotopic (exact) mass is 428 g/mol. The summed E-state index contributed by atoms with van der Waals surface area (Å²) in [5.74, 6) is -0.832. The van der Waals surface area contributed by atoms with E-state index in [4.69, 9.17) is 10.5 Å². The third kappa shape index (κ3) is 4.06. The van der Waals surface area contributed by atoms with Crippen molar-refractivity contribution in [3.63, 3.8) is 0 Å². The third-order valence-electron chi connectivity index (χ3n) is 5.05. The molecule has 156 valence electrons. The molecule has 9 heteroatoms. The number of carbonyl (C=O) groups is 2. The maximum absolute atomic E-state index is 13.6. The molecular formula is C21H21FN4O3S. The molecule has 30 heavy (non-hydrogen) atoms. The zero-order valence-electron chi connectivity index (χ0n) is 16.4. The van der Waals surface area contributed by atoms with E-state index in [2.05, 4.69) is 17.3 Å². The minimum atomic E-state index is -0.541. The van der Waals surface area contributed by atoms with Crippen LogP contribution in [-0.2, 0) is 19.6 Å².